The first-order valence-electron chi connectivity index (χ1n) is 5.35. The molecule has 0 fully saturated rings. The topological polar surface area (TPSA) is 38.9 Å². The molecule has 0 amide bonds. The number of hydrogen-bond acceptors (Lipinski definition) is 2. The van der Waals surface area contributed by atoms with Crippen molar-refractivity contribution in [2.24, 2.45) is 5.73 Å². The zero-order chi connectivity index (χ0) is 12.8. The van der Waals surface area contributed by atoms with Gasteiger partial charge in [0.15, 0.2) is 0 Å². The lowest BCUT2D eigenvalue weighted by Gasteiger charge is -2.22. The Morgan fingerprint density at radius 3 is 2.41 bits per heavy atom. The average Bonchev–Trinajstić information content (AvgIpc) is 2.13. The van der Waals surface area contributed by atoms with Gasteiger partial charge in [-0.3, -0.25) is 4.98 Å². The van der Waals surface area contributed by atoms with Crippen molar-refractivity contribution >= 4 is 34.1 Å². The third-order valence-electron chi connectivity index (χ3n) is 2.65. The fourth-order valence-electron chi connectivity index (χ4n) is 1.93. The molecule has 1 aromatic carbocycles. The van der Waals surface area contributed by atoms with E-state index in [1.165, 1.54) is 0 Å². The van der Waals surface area contributed by atoms with Crippen LogP contribution in [-0.2, 0) is 5.54 Å². The molecule has 2 rings (SSSR count). The highest BCUT2D eigenvalue weighted by molar-refractivity contribution is 6.38. The fraction of sp³-hybridized carbons (Fsp3) is 0.308. The standard InChI is InChI=1S/C13H14Cl2N2/c1-7-4-9(13(2,3)16)12-10(15)5-8(14)6-11(12)17-7/h4-6H,16H2,1-3H3. The Labute approximate surface area is 111 Å². The average molecular weight is 269 g/mol. The summed E-state index contributed by atoms with van der Waals surface area (Å²) in [7, 11) is 0. The molecule has 0 aliphatic carbocycles. The van der Waals surface area contributed by atoms with Gasteiger partial charge in [0, 0.05) is 21.6 Å². The number of nitrogens with zero attached hydrogens (tertiary/aromatic N) is 1. The second-order valence-corrected chi connectivity index (χ2v) is 5.66. The van der Waals surface area contributed by atoms with Gasteiger partial charge in [-0.2, -0.15) is 0 Å². The van der Waals surface area contributed by atoms with Crippen LogP contribution < -0.4 is 5.73 Å². The highest BCUT2D eigenvalue weighted by Crippen LogP contribution is 2.34. The van der Waals surface area contributed by atoms with Crippen LogP contribution in [0.3, 0.4) is 0 Å². The fourth-order valence-corrected chi connectivity index (χ4v) is 2.51. The zero-order valence-corrected chi connectivity index (χ0v) is 11.5. The van der Waals surface area contributed by atoms with Crippen LogP contribution in [0.4, 0.5) is 0 Å². The molecule has 0 unspecified atom stereocenters. The summed E-state index contributed by atoms with van der Waals surface area (Å²) >= 11 is 12.2. The molecule has 17 heavy (non-hydrogen) atoms. The number of aryl methyl sites for hydroxylation is 1. The summed E-state index contributed by atoms with van der Waals surface area (Å²) in [6, 6.07) is 5.50. The molecule has 2 nitrogen and oxygen atoms in total. The number of halogens is 2. The minimum absolute atomic E-state index is 0.469. The van der Waals surface area contributed by atoms with Gasteiger partial charge in [-0.1, -0.05) is 23.2 Å². The number of hydrogen-bond donors (Lipinski definition) is 1. The monoisotopic (exact) mass is 268 g/mol. The Hall–Kier alpha value is -0.830. The molecule has 2 aromatic rings. The van der Waals surface area contributed by atoms with E-state index in [0.717, 1.165) is 22.2 Å². The summed E-state index contributed by atoms with van der Waals surface area (Å²) in [5, 5.41) is 2.06. The summed E-state index contributed by atoms with van der Waals surface area (Å²) in [6.45, 7) is 5.84. The largest absolute Gasteiger partial charge is 0.322 e. The van der Waals surface area contributed by atoms with E-state index in [1.807, 2.05) is 32.9 Å². The lowest BCUT2D eigenvalue weighted by atomic mass is 9.91. The van der Waals surface area contributed by atoms with Crippen molar-refractivity contribution in [2.75, 3.05) is 0 Å². The minimum Gasteiger partial charge on any atom is -0.322 e. The van der Waals surface area contributed by atoms with Crippen molar-refractivity contribution < 1.29 is 0 Å². The Kier molecular flexibility index (Phi) is 3.06. The summed E-state index contributed by atoms with van der Waals surface area (Å²) in [6.07, 6.45) is 0. The maximum atomic E-state index is 6.25. The van der Waals surface area contributed by atoms with Crippen molar-refractivity contribution in [1.82, 2.24) is 4.98 Å². The van der Waals surface area contributed by atoms with Crippen molar-refractivity contribution in [3.8, 4) is 0 Å². The van der Waals surface area contributed by atoms with E-state index < -0.39 is 5.54 Å². The molecule has 0 saturated heterocycles. The van der Waals surface area contributed by atoms with Crippen LogP contribution in [0.2, 0.25) is 10.0 Å². The van der Waals surface area contributed by atoms with Gasteiger partial charge in [0.05, 0.1) is 10.5 Å². The first-order valence-corrected chi connectivity index (χ1v) is 6.10. The Balaban J connectivity index is 2.93. The zero-order valence-electron chi connectivity index (χ0n) is 10.0. The van der Waals surface area contributed by atoms with Gasteiger partial charge in [-0.25, -0.2) is 0 Å². The quantitative estimate of drug-likeness (QED) is 0.848. The number of nitrogens with two attached hydrogens (primary N) is 1. The summed E-state index contributed by atoms with van der Waals surface area (Å²) in [5.41, 5.74) is 8.39. The molecular formula is C13H14Cl2N2. The van der Waals surface area contributed by atoms with Crippen LogP contribution in [0.1, 0.15) is 25.1 Å². The van der Waals surface area contributed by atoms with Gasteiger partial charge in [0.2, 0.25) is 0 Å². The van der Waals surface area contributed by atoms with Crippen molar-refractivity contribution in [3.05, 3.63) is 39.5 Å². The van der Waals surface area contributed by atoms with Crippen LogP contribution in [0, 0.1) is 6.92 Å². The highest BCUT2D eigenvalue weighted by atomic mass is 35.5. The van der Waals surface area contributed by atoms with E-state index in [1.54, 1.807) is 6.07 Å². The molecule has 0 saturated carbocycles. The molecule has 0 aliphatic heterocycles. The summed E-state index contributed by atoms with van der Waals surface area (Å²) in [4.78, 5) is 4.45. The van der Waals surface area contributed by atoms with Crippen molar-refractivity contribution in [2.45, 2.75) is 26.3 Å². The third-order valence-corrected chi connectivity index (χ3v) is 3.16. The van der Waals surface area contributed by atoms with Crippen LogP contribution in [0.5, 0.6) is 0 Å². The Morgan fingerprint density at radius 2 is 1.82 bits per heavy atom. The van der Waals surface area contributed by atoms with E-state index >= 15 is 0 Å². The first-order chi connectivity index (χ1) is 7.79. The lowest BCUT2D eigenvalue weighted by molar-refractivity contribution is 0.558. The maximum absolute atomic E-state index is 6.25. The number of pyridine rings is 1. The molecule has 0 spiro atoms. The molecule has 1 heterocycles. The highest BCUT2D eigenvalue weighted by Gasteiger charge is 2.20. The SMILES string of the molecule is Cc1cc(C(C)(C)N)c2c(Cl)cc(Cl)cc2n1. The first kappa shape index (κ1) is 12.6. The van der Waals surface area contributed by atoms with Crippen molar-refractivity contribution in [3.63, 3.8) is 0 Å². The molecule has 0 bridgehead atoms. The minimum atomic E-state index is -0.469. The molecule has 0 radical (unpaired) electrons. The smallest absolute Gasteiger partial charge is 0.0738 e. The normalized spacial score (nSPS) is 12.1. The Bertz CT molecular complexity index is 581. The van der Waals surface area contributed by atoms with E-state index in [4.69, 9.17) is 28.9 Å². The van der Waals surface area contributed by atoms with Gasteiger partial charge in [-0.15, -0.1) is 0 Å². The maximum Gasteiger partial charge on any atom is 0.0738 e. The van der Waals surface area contributed by atoms with E-state index in [2.05, 4.69) is 4.98 Å². The molecular weight excluding hydrogens is 255 g/mol. The van der Waals surface area contributed by atoms with Crippen LogP contribution >= 0.6 is 23.2 Å². The molecule has 2 N–H and O–H groups in total. The van der Waals surface area contributed by atoms with E-state index in [9.17, 15) is 0 Å². The summed E-state index contributed by atoms with van der Waals surface area (Å²) in [5.74, 6) is 0. The summed E-state index contributed by atoms with van der Waals surface area (Å²) < 4.78 is 0. The second-order valence-electron chi connectivity index (χ2n) is 4.81. The second kappa shape index (κ2) is 4.13. The number of benzene rings is 1. The van der Waals surface area contributed by atoms with Gasteiger partial charge in [0.1, 0.15) is 0 Å². The predicted octanol–water partition coefficient (Wildman–Crippen LogP) is 4.04. The predicted molar refractivity (Wildman–Crippen MR) is 73.7 cm³/mol. The molecule has 90 valence electrons. The molecule has 1 aromatic heterocycles. The Morgan fingerprint density at radius 1 is 1.18 bits per heavy atom. The molecule has 0 atom stereocenters. The van der Waals surface area contributed by atoms with Gasteiger partial charge >= 0.3 is 0 Å². The van der Waals surface area contributed by atoms with E-state index in [0.29, 0.717) is 10.0 Å². The van der Waals surface area contributed by atoms with Crippen molar-refractivity contribution in [1.29, 1.82) is 0 Å². The van der Waals surface area contributed by atoms with E-state index in [-0.39, 0.29) is 0 Å². The third kappa shape index (κ3) is 2.39. The van der Waals surface area contributed by atoms with Crippen LogP contribution in [0.15, 0.2) is 18.2 Å². The van der Waals surface area contributed by atoms with Gasteiger partial charge in [-0.05, 0) is 44.5 Å². The molecule has 4 heteroatoms. The lowest BCUT2D eigenvalue weighted by Crippen LogP contribution is -2.29. The molecule has 0 aliphatic rings. The van der Waals surface area contributed by atoms with Gasteiger partial charge in [0.25, 0.3) is 0 Å². The number of aromatic nitrogens is 1. The van der Waals surface area contributed by atoms with Crippen LogP contribution in [-0.4, -0.2) is 4.98 Å². The van der Waals surface area contributed by atoms with Crippen LogP contribution in [0.25, 0.3) is 10.9 Å². The number of fused-ring (bicyclic) bond motifs is 1. The number of rotatable bonds is 1. The van der Waals surface area contributed by atoms with Gasteiger partial charge < -0.3 is 5.73 Å².